The maximum Gasteiger partial charge on any atom is 0.231 e. The van der Waals surface area contributed by atoms with Crippen LogP contribution in [0.3, 0.4) is 0 Å². The Bertz CT molecular complexity index is 1030. The van der Waals surface area contributed by atoms with Crippen LogP contribution in [0.25, 0.3) is 10.9 Å². The number of nitrogens with two attached hydrogens (primary N) is 1. The standard InChI is InChI=1S/C18H15ClN4O2S/c19-14-6-17-16(24-10-25-17)5-11(14)8-23-9-12(7-21-22-18(20)26)13-3-1-2-4-15(13)23/h1-7,9H,8,10H2,(H3,20,22,26). The summed E-state index contributed by atoms with van der Waals surface area (Å²) in [6.45, 7) is 0.810. The minimum atomic E-state index is 0.122. The van der Waals surface area contributed by atoms with Gasteiger partial charge in [0.25, 0.3) is 0 Å². The van der Waals surface area contributed by atoms with Gasteiger partial charge in [0.05, 0.1) is 6.21 Å². The third-order valence-electron chi connectivity index (χ3n) is 4.08. The van der Waals surface area contributed by atoms with Crippen LogP contribution in [0.2, 0.25) is 5.02 Å². The molecule has 1 aliphatic heterocycles. The number of ether oxygens (including phenoxy) is 2. The predicted molar refractivity (Wildman–Crippen MR) is 106 cm³/mol. The molecule has 0 saturated carbocycles. The highest BCUT2D eigenvalue weighted by atomic mass is 35.5. The Morgan fingerprint density at radius 2 is 2.08 bits per heavy atom. The minimum absolute atomic E-state index is 0.122. The van der Waals surface area contributed by atoms with Gasteiger partial charge in [-0.3, -0.25) is 5.43 Å². The Morgan fingerprint density at radius 1 is 1.31 bits per heavy atom. The fourth-order valence-electron chi connectivity index (χ4n) is 2.94. The van der Waals surface area contributed by atoms with Crippen molar-refractivity contribution in [1.29, 1.82) is 0 Å². The van der Waals surface area contributed by atoms with Gasteiger partial charge in [0.2, 0.25) is 6.79 Å². The molecule has 2 heterocycles. The van der Waals surface area contributed by atoms with E-state index in [-0.39, 0.29) is 11.9 Å². The molecule has 4 rings (SSSR count). The van der Waals surface area contributed by atoms with Crippen molar-refractivity contribution in [2.75, 3.05) is 6.79 Å². The van der Waals surface area contributed by atoms with Crippen molar-refractivity contribution in [2.45, 2.75) is 6.54 Å². The van der Waals surface area contributed by atoms with Crippen molar-refractivity contribution in [1.82, 2.24) is 9.99 Å². The van der Waals surface area contributed by atoms with Gasteiger partial charge in [0.15, 0.2) is 16.6 Å². The van der Waals surface area contributed by atoms with Crippen LogP contribution in [0.4, 0.5) is 0 Å². The van der Waals surface area contributed by atoms with E-state index in [0.717, 1.165) is 22.0 Å². The van der Waals surface area contributed by atoms with E-state index < -0.39 is 0 Å². The SMILES string of the molecule is NC(=S)NN=Cc1cn(Cc2cc3c(cc2Cl)OCO3)c2ccccc12. The van der Waals surface area contributed by atoms with Crippen LogP contribution < -0.4 is 20.6 Å². The molecule has 6 nitrogen and oxygen atoms in total. The van der Waals surface area contributed by atoms with Crippen LogP contribution in [0.15, 0.2) is 47.7 Å². The Hall–Kier alpha value is -2.77. The summed E-state index contributed by atoms with van der Waals surface area (Å²) in [5, 5.41) is 5.89. The molecule has 0 radical (unpaired) electrons. The number of aromatic nitrogens is 1. The van der Waals surface area contributed by atoms with E-state index in [0.29, 0.717) is 23.1 Å². The average molecular weight is 387 g/mol. The Labute approximate surface area is 160 Å². The van der Waals surface area contributed by atoms with Gasteiger partial charge in [0.1, 0.15) is 0 Å². The van der Waals surface area contributed by atoms with Gasteiger partial charge in [-0.2, -0.15) is 5.10 Å². The van der Waals surface area contributed by atoms with E-state index in [1.807, 2.05) is 30.5 Å². The average Bonchev–Trinajstić information content (AvgIpc) is 3.20. The molecule has 8 heteroatoms. The Balaban J connectivity index is 1.71. The third kappa shape index (κ3) is 3.18. The molecule has 3 N–H and O–H groups in total. The number of fused-ring (bicyclic) bond motifs is 2. The van der Waals surface area contributed by atoms with Crippen LogP contribution in [0.5, 0.6) is 11.5 Å². The molecular formula is C18H15ClN4O2S. The van der Waals surface area contributed by atoms with Crippen molar-refractivity contribution < 1.29 is 9.47 Å². The first kappa shape index (κ1) is 16.7. The summed E-state index contributed by atoms with van der Waals surface area (Å²) in [7, 11) is 0. The number of benzene rings is 2. The molecule has 26 heavy (non-hydrogen) atoms. The molecule has 2 aromatic carbocycles. The van der Waals surface area contributed by atoms with Gasteiger partial charge < -0.3 is 19.8 Å². The summed E-state index contributed by atoms with van der Waals surface area (Å²) < 4.78 is 12.9. The molecule has 0 unspecified atom stereocenters. The first-order valence-corrected chi connectivity index (χ1v) is 8.65. The van der Waals surface area contributed by atoms with Gasteiger partial charge in [-0.1, -0.05) is 29.8 Å². The quantitative estimate of drug-likeness (QED) is 0.409. The molecule has 0 spiro atoms. The summed E-state index contributed by atoms with van der Waals surface area (Å²) in [6, 6.07) is 11.8. The Morgan fingerprint density at radius 3 is 2.88 bits per heavy atom. The molecule has 132 valence electrons. The largest absolute Gasteiger partial charge is 0.454 e. The van der Waals surface area contributed by atoms with Crippen LogP contribution in [-0.2, 0) is 6.54 Å². The van der Waals surface area contributed by atoms with Crippen LogP contribution in [-0.4, -0.2) is 22.7 Å². The summed E-state index contributed by atoms with van der Waals surface area (Å²) >= 11 is 11.2. The number of hydrogen-bond acceptors (Lipinski definition) is 4. The molecule has 1 aromatic heterocycles. The van der Waals surface area contributed by atoms with E-state index >= 15 is 0 Å². The lowest BCUT2D eigenvalue weighted by Gasteiger charge is -2.09. The smallest absolute Gasteiger partial charge is 0.231 e. The lowest BCUT2D eigenvalue weighted by Crippen LogP contribution is -2.23. The van der Waals surface area contributed by atoms with Crippen molar-refractivity contribution in [3.63, 3.8) is 0 Å². The third-order valence-corrected chi connectivity index (χ3v) is 4.52. The minimum Gasteiger partial charge on any atom is -0.454 e. The highest BCUT2D eigenvalue weighted by Crippen LogP contribution is 2.37. The second-order valence-electron chi connectivity index (χ2n) is 5.76. The lowest BCUT2D eigenvalue weighted by atomic mass is 10.2. The maximum absolute atomic E-state index is 6.42. The highest BCUT2D eigenvalue weighted by molar-refractivity contribution is 7.80. The number of hydrazone groups is 1. The van der Waals surface area contributed by atoms with E-state index in [1.54, 1.807) is 12.3 Å². The van der Waals surface area contributed by atoms with E-state index in [9.17, 15) is 0 Å². The fourth-order valence-corrected chi connectivity index (χ4v) is 3.20. The van der Waals surface area contributed by atoms with Crippen molar-refractivity contribution in [2.24, 2.45) is 10.8 Å². The van der Waals surface area contributed by atoms with Crippen molar-refractivity contribution >= 4 is 46.0 Å². The van der Waals surface area contributed by atoms with E-state index in [1.165, 1.54) is 0 Å². The van der Waals surface area contributed by atoms with Crippen LogP contribution in [0, 0.1) is 0 Å². The molecule has 3 aromatic rings. The molecular weight excluding hydrogens is 372 g/mol. The second-order valence-corrected chi connectivity index (χ2v) is 6.61. The molecule has 0 amide bonds. The normalized spacial score (nSPS) is 12.8. The number of nitrogens with one attached hydrogen (secondary N) is 1. The molecule has 0 bridgehead atoms. The maximum atomic E-state index is 6.42. The zero-order chi connectivity index (χ0) is 18.1. The van der Waals surface area contributed by atoms with Gasteiger partial charge in [-0.05, 0) is 29.9 Å². The number of para-hydroxylation sites is 1. The number of halogens is 1. The zero-order valence-electron chi connectivity index (χ0n) is 13.6. The van der Waals surface area contributed by atoms with Gasteiger partial charge in [-0.15, -0.1) is 0 Å². The topological polar surface area (TPSA) is 73.8 Å². The van der Waals surface area contributed by atoms with Gasteiger partial charge >= 0.3 is 0 Å². The Kier molecular flexibility index (Phi) is 4.40. The second kappa shape index (κ2) is 6.86. The molecule has 0 atom stereocenters. The summed E-state index contributed by atoms with van der Waals surface area (Å²) in [5.41, 5.74) is 10.9. The summed E-state index contributed by atoms with van der Waals surface area (Å²) in [6.07, 6.45) is 3.70. The van der Waals surface area contributed by atoms with Gasteiger partial charge in [0, 0.05) is 40.3 Å². The first-order valence-electron chi connectivity index (χ1n) is 7.86. The molecule has 0 fully saturated rings. The zero-order valence-corrected chi connectivity index (χ0v) is 15.2. The fraction of sp³-hybridized carbons (Fsp3) is 0.111. The van der Waals surface area contributed by atoms with Crippen LogP contribution >= 0.6 is 23.8 Å². The highest BCUT2D eigenvalue weighted by Gasteiger charge is 2.17. The van der Waals surface area contributed by atoms with E-state index in [4.69, 9.17) is 39.0 Å². The van der Waals surface area contributed by atoms with Crippen molar-refractivity contribution in [3.8, 4) is 11.5 Å². The lowest BCUT2D eigenvalue weighted by molar-refractivity contribution is 0.174. The molecule has 1 aliphatic rings. The van der Waals surface area contributed by atoms with Crippen molar-refractivity contribution in [3.05, 3.63) is 58.7 Å². The monoisotopic (exact) mass is 386 g/mol. The first-order chi connectivity index (χ1) is 12.6. The van der Waals surface area contributed by atoms with Crippen LogP contribution in [0.1, 0.15) is 11.1 Å². The van der Waals surface area contributed by atoms with E-state index in [2.05, 4.69) is 21.2 Å². The summed E-state index contributed by atoms with van der Waals surface area (Å²) in [4.78, 5) is 0. The number of thiocarbonyl (C=S) groups is 1. The molecule has 0 aliphatic carbocycles. The molecule has 0 saturated heterocycles. The number of hydrogen-bond donors (Lipinski definition) is 2. The summed E-state index contributed by atoms with van der Waals surface area (Å²) in [5.74, 6) is 1.39. The number of nitrogens with zero attached hydrogens (tertiary/aromatic N) is 2. The number of rotatable bonds is 4. The van der Waals surface area contributed by atoms with Gasteiger partial charge in [-0.25, -0.2) is 0 Å². The predicted octanol–water partition coefficient (Wildman–Crippen LogP) is 3.24.